The molecular weight excluding hydrogens is 306 g/mol. The number of fused-ring (bicyclic) bond motifs is 1. The number of amides is 1. The molecule has 3 rings (SSSR count). The maximum atomic E-state index is 11.4. The molecule has 0 spiro atoms. The van der Waals surface area contributed by atoms with E-state index in [2.05, 4.69) is 44.1 Å². The van der Waals surface area contributed by atoms with Crippen molar-refractivity contribution in [1.29, 1.82) is 0 Å². The molecule has 2 aliphatic rings. The van der Waals surface area contributed by atoms with E-state index < -0.39 is 0 Å². The molecule has 0 aromatic carbocycles. The van der Waals surface area contributed by atoms with Crippen molar-refractivity contribution in [2.75, 3.05) is 18.0 Å². The molecule has 0 saturated carbocycles. The van der Waals surface area contributed by atoms with Gasteiger partial charge in [-0.2, -0.15) is 0 Å². The van der Waals surface area contributed by atoms with Gasteiger partial charge < -0.3 is 10.2 Å². The highest BCUT2D eigenvalue weighted by atomic mass is 79.9. The summed E-state index contributed by atoms with van der Waals surface area (Å²) >= 11 is 3.45. The van der Waals surface area contributed by atoms with Crippen molar-refractivity contribution in [3.63, 3.8) is 0 Å². The molecule has 1 aromatic heterocycles. The average Bonchev–Trinajstić information content (AvgIpc) is 2.38. The second kappa shape index (κ2) is 5.12. The summed E-state index contributed by atoms with van der Waals surface area (Å²) in [6.07, 6.45) is 4.55. The summed E-state index contributed by atoms with van der Waals surface area (Å²) in [5.74, 6) is 1.86. The Hall–Kier alpha value is -1.10. The number of halogens is 1. The first-order valence-electron chi connectivity index (χ1n) is 6.80. The number of carbonyl (C=O) groups is 1. The van der Waals surface area contributed by atoms with Gasteiger partial charge in [-0.1, -0.05) is 0 Å². The lowest BCUT2D eigenvalue weighted by molar-refractivity contribution is -0.124. The van der Waals surface area contributed by atoms with Crippen LogP contribution in [0.4, 0.5) is 5.82 Å². The van der Waals surface area contributed by atoms with Crippen molar-refractivity contribution in [1.82, 2.24) is 10.3 Å². The normalized spacial score (nSPS) is 26.8. The Balaban J connectivity index is 1.76. The highest BCUT2D eigenvalue weighted by Crippen LogP contribution is 2.29. The average molecular weight is 324 g/mol. The van der Waals surface area contributed by atoms with Gasteiger partial charge in [-0.15, -0.1) is 0 Å². The number of hydrogen-bond acceptors (Lipinski definition) is 3. The molecule has 0 bridgehead atoms. The summed E-state index contributed by atoms with van der Waals surface area (Å²) in [4.78, 5) is 18.3. The smallest absolute Gasteiger partial charge is 0.220 e. The molecule has 2 aliphatic heterocycles. The molecule has 1 N–H and O–H groups in total. The summed E-state index contributed by atoms with van der Waals surface area (Å²) < 4.78 is 1.02. The van der Waals surface area contributed by atoms with Crippen LogP contribution in [0.5, 0.6) is 0 Å². The summed E-state index contributed by atoms with van der Waals surface area (Å²) in [5, 5.41) is 3.12. The number of piperidine rings is 2. The zero-order valence-corrected chi connectivity index (χ0v) is 12.6. The predicted molar refractivity (Wildman–Crippen MR) is 78.2 cm³/mol. The Labute approximate surface area is 121 Å². The lowest BCUT2D eigenvalue weighted by Gasteiger charge is -2.42. The van der Waals surface area contributed by atoms with E-state index in [9.17, 15) is 4.79 Å². The Morgan fingerprint density at radius 3 is 3.11 bits per heavy atom. The van der Waals surface area contributed by atoms with Gasteiger partial charge in [-0.25, -0.2) is 4.98 Å². The number of pyridine rings is 1. The number of nitrogens with zero attached hydrogens (tertiary/aromatic N) is 2. The summed E-state index contributed by atoms with van der Waals surface area (Å²) in [5.41, 5.74) is 1.20. The second-order valence-electron chi connectivity index (χ2n) is 5.50. The molecular formula is C14H18BrN3O. The van der Waals surface area contributed by atoms with Crippen LogP contribution in [-0.2, 0) is 4.79 Å². The Kier molecular flexibility index (Phi) is 3.48. The molecule has 0 aliphatic carbocycles. The van der Waals surface area contributed by atoms with Gasteiger partial charge in [0.25, 0.3) is 0 Å². The van der Waals surface area contributed by atoms with Crippen LogP contribution in [0.15, 0.2) is 16.7 Å². The summed E-state index contributed by atoms with van der Waals surface area (Å²) in [6, 6.07) is 2.48. The number of hydrogen-bond donors (Lipinski definition) is 1. The fourth-order valence-electron chi connectivity index (χ4n) is 3.17. The fraction of sp³-hybridized carbons (Fsp3) is 0.571. The second-order valence-corrected chi connectivity index (χ2v) is 6.42. The van der Waals surface area contributed by atoms with Gasteiger partial charge in [0, 0.05) is 36.2 Å². The Bertz CT molecular complexity index is 505. The number of aryl methyl sites for hydroxylation is 1. The largest absolute Gasteiger partial charge is 0.356 e. The minimum absolute atomic E-state index is 0.215. The SMILES string of the molecule is Cc1cc(Br)cnc1N1CCC2NC(=O)CCC2C1. The fourth-order valence-corrected chi connectivity index (χ4v) is 3.61. The molecule has 5 heteroatoms. The molecule has 3 heterocycles. The van der Waals surface area contributed by atoms with E-state index in [0.29, 0.717) is 18.4 Å². The van der Waals surface area contributed by atoms with Gasteiger partial charge in [-0.05, 0) is 53.2 Å². The topological polar surface area (TPSA) is 45.2 Å². The lowest BCUT2D eigenvalue weighted by Crippen LogP contribution is -2.54. The minimum Gasteiger partial charge on any atom is -0.356 e. The first kappa shape index (κ1) is 12.9. The van der Waals surface area contributed by atoms with Crippen LogP contribution in [0.3, 0.4) is 0 Å². The highest BCUT2D eigenvalue weighted by molar-refractivity contribution is 9.10. The van der Waals surface area contributed by atoms with E-state index in [1.807, 2.05) is 6.20 Å². The first-order chi connectivity index (χ1) is 9.13. The molecule has 4 nitrogen and oxygen atoms in total. The van der Waals surface area contributed by atoms with E-state index in [-0.39, 0.29) is 5.91 Å². The summed E-state index contributed by atoms with van der Waals surface area (Å²) in [7, 11) is 0. The van der Waals surface area contributed by atoms with Crippen molar-refractivity contribution in [2.24, 2.45) is 5.92 Å². The summed E-state index contributed by atoms with van der Waals surface area (Å²) in [6.45, 7) is 4.07. The zero-order chi connectivity index (χ0) is 13.4. The van der Waals surface area contributed by atoms with Gasteiger partial charge in [0.15, 0.2) is 0 Å². The quantitative estimate of drug-likeness (QED) is 0.862. The maximum absolute atomic E-state index is 11.4. The first-order valence-corrected chi connectivity index (χ1v) is 7.59. The predicted octanol–water partition coefficient (Wildman–Crippen LogP) is 2.26. The van der Waals surface area contributed by atoms with E-state index in [0.717, 1.165) is 36.2 Å². The number of rotatable bonds is 1. The van der Waals surface area contributed by atoms with Gasteiger partial charge in [-0.3, -0.25) is 4.79 Å². The molecule has 2 unspecified atom stereocenters. The van der Waals surface area contributed by atoms with Crippen LogP contribution in [-0.4, -0.2) is 30.0 Å². The van der Waals surface area contributed by atoms with Gasteiger partial charge in [0.05, 0.1) is 0 Å². The molecule has 1 aromatic rings. The molecule has 19 heavy (non-hydrogen) atoms. The monoisotopic (exact) mass is 323 g/mol. The van der Waals surface area contributed by atoms with Crippen molar-refractivity contribution in [3.8, 4) is 0 Å². The van der Waals surface area contributed by atoms with Gasteiger partial charge in [0.1, 0.15) is 5.82 Å². The Morgan fingerprint density at radius 1 is 1.47 bits per heavy atom. The van der Waals surface area contributed by atoms with Crippen LogP contribution < -0.4 is 10.2 Å². The molecule has 2 saturated heterocycles. The van der Waals surface area contributed by atoms with Crippen LogP contribution in [0.2, 0.25) is 0 Å². The van der Waals surface area contributed by atoms with Crippen molar-refractivity contribution in [2.45, 2.75) is 32.2 Å². The third-order valence-corrected chi connectivity index (χ3v) is 4.57. The highest BCUT2D eigenvalue weighted by Gasteiger charge is 2.34. The van der Waals surface area contributed by atoms with E-state index in [4.69, 9.17) is 0 Å². The molecule has 2 fully saturated rings. The van der Waals surface area contributed by atoms with Gasteiger partial charge >= 0.3 is 0 Å². The van der Waals surface area contributed by atoms with Crippen molar-refractivity contribution >= 4 is 27.7 Å². The molecule has 102 valence electrons. The number of anilines is 1. The van der Waals surface area contributed by atoms with Crippen molar-refractivity contribution < 1.29 is 4.79 Å². The van der Waals surface area contributed by atoms with E-state index in [1.165, 1.54) is 5.56 Å². The minimum atomic E-state index is 0.215. The number of carbonyl (C=O) groups excluding carboxylic acids is 1. The van der Waals surface area contributed by atoms with Crippen LogP contribution in [0.1, 0.15) is 24.8 Å². The third kappa shape index (κ3) is 2.61. The van der Waals surface area contributed by atoms with Crippen LogP contribution >= 0.6 is 15.9 Å². The number of nitrogens with one attached hydrogen (secondary N) is 1. The van der Waals surface area contributed by atoms with E-state index in [1.54, 1.807) is 0 Å². The standard InChI is InChI=1S/C14H18BrN3O/c1-9-6-11(15)7-16-14(9)18-5-4-12-10(8-18)2-3-13(19)17-12/h6-7,10,12H,2-5,8H2,1H3,(H,17,19). The van der Waals surface area contributed by atoms with Gasteiger partial charge in [0.2, 0.25) is 5.91 Å². The number of aromatic nitrogens is 1. The lowest BCUT2D eigenvalue weighted by atomic mass is 9.85. The third-order valence-electron chi connectivity index (χ3n) is 4.14. The van der Waals surface area contributed by atoms with Crippen molar-refractivity contribution in [3.05, 3.63) is 22.3 Å². The maximum Gasteiger partial charge on any atom is 0.220 e. The van der Waals surface area contributed by atoms with Crippen LogP contribution in [0, 0.1) is 12.8 Å². The van der Waals surface area contributed by atoms with Crippen LogP contribution in [0.25, 0.3) is 0 Å². The molecule has 1 amide bonds. The van der Waals surface area contributed by atoms with E-state index >= 15 is 0 Å². The molecule has 2 atom stereocenters. The zero-order valence-electron chi connectivity index (χ0n) is 11.0. The Morgan fingerprint density at radius 2 is 2.32 bits per heavy atom. The molecule has 0 radical (unpaired) electrons.